The van der Waals surface area contributed by atoms with Crippen LogP contribution in [0.2, 0.25) is 0 Å². The molecule has 0 aromatic carbocycles. The second-order valence-corrected chi connectivity index (χ2v) is 5.86. The monoisotopic (exact) mass is 263 g/mol. The van der Waals surface area contributed by atoms with Gasteiger partial charge in [0.15, 0.2) is 0 Å². The Labute approximate surface area is 107 Å². The number of carbonyl (C=O) groups excluding carboxylic acids is 2. The van der Waals surface area contributed by atoms with Crippen LogP contribution in [0.3, 0.4) is 0 Å². The lowest BCUT2D eigenvalue weighted by Crippen LogP contribution is -2.60. The van der Waals surface area contributed by atoms with E-state index in [-0.39, 0.29) is 0 Å². The summed E-state index contributed by atoms with van der Waals surface area (Å²) in [6, 6.07) is 0. The van der Waals surface area contributed by atoms with Crippen LogP contribution in [0.4, 0.5) is 4.39 Å². The van der Waals surface area contributed by atoms with Gasteiger partial charge in [0.2, 0.25) is 5.54 Å². The van der Waals surface area contributed by atoms with Gasteiger partial charge in [0.25, 0.3) is 0 Å². The highest BCUT2D eigenvalue weighted by Gasteiger charge is 2.50. The van der Waals surface area contributed by atoms with Crippen molar-refractivity contribution in [3.8, 4) is 0 Å². The largest absolute Gasteiger partial charge is 0.467 e. The summed E-state index contributed by atoms with van der Waals surface area (Å²) in [4.78, 5) is 23.6. The third-order valence-electron chi connectivity index (χ3n) is 2.01. The number of alkyl halides is 1. The van der Waals surface area contributed by atoms with E-state index in [1.54, 1.807) is 20.8 Å². The molecule has 0 aromatic heterocycles. The molecular formula is C12H22FNO4. The second-order valence-electron chi connectivity index (χ2n) is 5.86. The first-order chi connectivity index (χ1) is 7.82. The van der Waals surface area contributed by atoms with Crippen LogP contribution in [0.25, 0.3) is 0 Å². The predicted molar refractivity (Wildman–Crippen MR) is 64.6 cm³/mol. The van der Waals surface area contributed by atoms with E-state index < -0.39 is 35.2 Å². The predicted octanol–water partition coefficient (Wildman–Crippen LogP) is 1.34. The van der Waals surface area contributed by atoms with Crippen molar-refractivity contribution in [2.75, 3.05) is 7.11 Å². The van der Waals surface area contributed by atoms with Crippen molar-refractivity contribution in [3.05, 3.63) is 0 Å². The van der Waals surface area contributed by atoms with Crippen LogP contribution in [-0.4, -0.2) is 35.9 Å². The summed E-state index contributed by atoms with van der Waals surface area (Å²) in [5.41, 5.74) is 0.932. The molecule has 0 rings (SSSR count). The van der Waals surface area contributed by atoms with E-state index in [0.717, 1.165) is 7.11 Å². The van der Waals surface area contributed by atoms with Gasteiger partial charge in [-0.25, -0.2) is 14.0 Å². The molecule has 0 aliphatic rings. The van der Waals surface area contributed by atoms with E-state index in [9.17, 15) is 14.0 Å². The van der Waals surface area contributed by atoms with Crippen LogP contribution in [0.15, 0.2) is 0 Å². The zero-order valence-electron chi connectivity index (χ0n) is 11.8. The number of ether oxygens (including phenoxy) is 2. The van der Waals surface area contributed by atoms with Crippen LogP contribution in [0.1, 0.15) is 41.0 Å². The van der Waals surface area contributed by atoms with Crippen LogP contribution in [0, 0.1) is 0 Å². The first-order valence-electron chi connectivity index (χ1n) is 5.61. The average Bonchev–Trinajstić information content (AvgIpc) is 2.10. The van der Waals surface area contributed by atoms with Gasteiger partial charge < -0.3 is 15.2 Å². The molecule has 0 heterocycles. The van der Waals surface area contributed by atoms with Gasteiger partial charge in [0.05, 0.1) is 7.11 Å². The second kappa shape index (κ2) is 5.22. The molecule has 1 unspecified atom stereocenters. The minimum absolute atomic E-state index is 0.512. The number of esters is 2. The lowest BCUT2D eigenvalue weighted by Gasteiger charge is -2.31. The van der Waals surface area contributed by atoms with Crippen molar-refractivity contribution in [1.82, 2.24) is 0 Å². The van der Waals surface area contributed by atoms with E-state index >= 15 is 0 Å². The Kier molecular flexibility index (Phi) is 4.88. The van der Waals surface area contributed by atoms with Gasteiger partial charge in [-0.2, -0.15) is 0 Å². The molecular weight excluding hydrogens is 241 g/mol. The van der Waals surface area contributed by atoms with E-state index in [2.05, 4.69) is 4.74 Å². The fraction of sp³-hybridized carbons (Fsp3) is 0.833. The number of methoxy groups -OCH3 is 1. The molecule has 0 aromatic rings. The Hall–Kier alpha value is -1.17. The summed E-state index contributed by atoms with van der Waals surface area (Å²) in [5.74, 6) is -2.00. The van der Waals surface area contributed by atoms with E-state index in [4.69, 9.17) is 10.5 Å². The van der Waals surface area contributed by atoms with E-state index in [1.165, 1.54) is 13.8 Å². The number of halogens is 1. The number of carbonyl (C=O) groups is 2. The Morgan fingerprint density at radius 3 is 1.83 bits per heavy atom. The normalized spacial score (nSPS) is 15.8. The lowest BCUT2D eigenvalue weighted by atomic mass is 9.88. The summed E-state index contributed by atoms with van der Waals surface area (Å²) in [7, 11) is 1.08. The molecule has 0 saturated carbocycles. The van der Waals surface area contributed by atoms with Crippen molar-refractivity contribution in [3.63, 3.8) is 0 Å². The molecule has 2 N–H and O–H groups in total. The Balaban J connectivity index is 5.23. The summed E-state index contributed by atoms with van der Waals surface area (Å²) in [6.45, 7) is 7.33. The SMILES string of the molecule is COC(=O)C(N)(CC(C)(C)F)C(=O)OC(C)(C)C. The Morgan fingerprint density at radius 1 is 1.11 bits per heavy atom. The number of hydrogen-bond acceptors (Lipinski definition) is 5. The van der Waals surface area contributed by atoms with Gasteiger partial charge in [-0.3, -0.25) is 0 Å². The fourth-order valence-electron chi connectivity index (χ4n) is 1.44. The fourth-order valence-corrected chi connectivity index (χ4v) is 1.44. The molecule has 1 atom stereocenters. The molecule has 0 spiro atoms. The molecule has 0 amide bonds. The maximum absolute atomic E-state index is 13.7. The third-order valence-corrected chi connectivity index (χ3v) is 2.01. The van der Waals surface area contributed by atoms with Gasteiger partial charge >= 0.3 is 11.9 Å². The topological polar surface area (TPSA) is 78.6 Å². The molecule has 0 aliphatic carbocycles. The van der Waals surface area contributed by atoms with E-state index in [0.29, 0.717) is 0 Å². The lowest BCUT2D eigenvalue weighted by molar-refractivity contribution is -0.172. The summed E-state index contributed by atoms with van der Waals surface area (Å²) in [6.07, 6.45) is -0.512. The minimum Gasteiger partial charge on any atom is -0.467 e. The molecule has 0 saturated heterocycles. The van der Waals surface area contributed by atoms with Gasteiger partial charge in [0.1, 0.15) is 11.3 Å². The highest BCUT2D eigenvalue weighted by Crippen LogP contribution is 2.26. The van der Waals surface area contributed by atoms with Gasteiger partial charge in [-0.05, 0) is 34.6 Å². The molecule has 0 radical (unpaired) electrons. The summed E-state index contributed by atoms with van der Waals surface area (Å²) in [5, 5.41) is 0. The smallest absolute Gasteiger partial charge is 0.338 e. The van der Waals surface area contributed by atoms with Crippen LogP contribution in [-0.2, 0) is 19.1 Å². The van der Waals surface area contributed by atoms with Gasteiger partial charge in [-0.1, -0.05) is 0 Å². The van der Waals surface area contributed by atoms with Gasteiger partial charge in [0, 0.05) is 6.42 Å². The van der Waals surface area contributed by atoms with E-state index in [1.807, 2.05) is 0 Å². The first kappa shape index (κ1) is 16.8. The molecule has 6 heteroatoms. The number of nitrogens with two attached hydrogens (primary N) is 1. The molecule has 0 fully saturated rings. The number of hydrogen-bond donors (Lipinski definition) is 1. The maximum atomic E-state index is 13.7. The minimum atomic E-state index is -2.14. The number of rotatable bonds is 4. The van der Waals surface area contributed by atoms with Crippen molar-refractivity contribution in [2.24, 2.45) is 5.73 Å². The van der Waals surface area contributed by atoms with Crippen molar-refractivity contribution in [2.45, 2.75) is 57.8 Å². The summed E-state index contributed by atoms with van der Waals surface area (Å²) < 4.78 is 23.2. The molecule has 0 bridgehead atoms. The van der Waals surface area contributed by atoms with Gasteiger partial charge in [-0.15, -0.1) is 0 Å². The van der Waals surface area contributed by atoms with Crippen molar-refractivity contribution in [1.29, 1.82) is 0 Å². The Bertz CT molecular complexity index is 330. The first-order valence-corrected chi connectivity index (χ1v) is 5.61. The molecule has 106 valence electrons. The zero-order chi connectivity index (χ0) is 14.8. The van der Waals surface area contributed by atoms with Crippen molar-refractivity contribution < 1.29 is 23.5 Å². The zero-order valence-corrected chi connectivity index (χ0v) is 11.8. The third kappa shape index (κ3) is 5.00. The highest BCUT2D eigenvalue weighted by atomic mass is 19.1. The maximum Gasteiger partial charge on any atom is 0.338 e. The van der Waals surface area contributed by atoms with Crippen LogP contribution < -0.4 is 5.73 Å². The average molecular weight is 263 g/mol. The summed E-state index contributed by atoms with van der Waals surface area (Å²) >= 11 is 0. The molecule has 5 nitrogen and oxygen atoms in total. The molecule has 18 heavy (non-hydrogen) atoms. The Morgan fingerprint density at radius 2 is 1.56 bits per heavy atom. The quantitative estimate of drug-likeness (QED) is 0.611. The highest BCUT2D eigenvalue weighted by molar-refractivity contribution is 6.04. The standard InChI is InChI=1S/C12H22FNO4/c1-10(2,3)18-9(16)12(14,8(15)17-6)7-11(4,5)13/h7,14H2,1-6H3. The molecule has 0 aliphatic heterocycles. The van der Waals surface area contributed by atoms with Crippen molar-refractivity contribution >= 4 is 11.9 Å². The van der Waals surface area contributed by atoms with Crippen LogP contribution >= 0.6 is 0 Å². The van der Waals surface area contributed by atoms with Crippen LogP contribution in [0.5, 0.6) is 0 Å².